The fraction of sp³-hybridized carbons (Fsp3) is 0.182. The van der Waals surface area contributed by atoms with Crippen molar-refractivity contribution < 1.29 is 0 Å². The van der Waals surface area contributed by atoms with Crippen LogP contribution in [-0.4, -0.2) is 9.55 Å². The van der Waals surface area contributed by atoms with Gasteiger partial charge in [-0.3, -0.25) is 0 Å². The van der Waals surface area contributed by atoms with Crippen molar-refractivity contribution in [1.82, 2.24) is 9.55 Å². The van der Waals surface area contributed by atoms with E-state index in [2.05, 4.69) is 22.6 Å². The van der Waals surface area contributed by atoms with Gasteiger partial charge in [0.1, 0.15) is 0 Å². The second kappa shape index (κ2) is 4.36. The molecule has 2 heterocycles. The molecule has 0 saturated heterocycles. The first-order valence-electron chi connectivity index (χ1n) is 4.71. The SMILES string of the molecule is Cn1ccc(CNc2cccnc2Cl)c1. The molecule has 0 amide bonds. The predicted octanol–water partition coefficient (Wildman–Crippen LogP) is 2.69. The highest BCUT2D eigenvalue weighted by Gasteiger charge is 1.99. The molecule has 4 heteroatoms. The fourth-order valence-corrected chi connectivity index (χ4v) is 1.57. The van der Waals surface area contributed by atoms with Crippen molar-refractivity contribution in [2.45, 2.75) is 6.54 Å². The van der Waals surface area contributed by atoms with Gasteiger partial charge in [0.25, 0.3) is 0 Å². The molecule has 78 valence electrons. The Hall–Kier alpha value is -1.48. The first-order valence-corrected chi connectivity index (χ1v) is 5.09. The standard InChI is InChI=1S/C11H12ClN3/c1-15-6-4-9(8-15)7-14-10-3-2-5-13-11(10)12/h2-6,8,14H,7H2,1H3. The Morgan fingerprint density at radius 2 is 2.33 bits per heavy atom. The zero-order chi connectivity index (χ0) is 10.7. The molecule has 2 aromatic rings. The van der Waals surface area contributed by atoms with Crippen molar-refractivity contribution >= 4 is 17.3 Å². The van der Waals surface area contributed by atoms with Gasteiger partial charge < -0.3 is 9.88 Å². The van der Waals surface area contributed by atoms with Crippen LogP contribution in [0.5, 0.6) is 0 Å². The summed E-state index contributed by atoms with van der Waals surface area (Å²) in [6.07, 6.45) is 5.76. The third kappa shape index (κ3) is 2.50. The number of halogens is 1. The van der Waals surface area contributed by atoms with Crippen LogP contribution < -0.4 is 5.32 Å². The Morgan fingerprint density at radius 3 is 3.00 bits per heavy atom. The van der Waals surface area contributed by atoms with Crippen LogP contribution in [-0.2, 0) is 13.6 Å². The number of nitrogens with one attached hydrogen (secondary N) is 1. The van der Waals surface area contributed by atoms with E-state index >= 15 is 0 Å². The van der Waals surface area contributed by atoms with E-state index in [0.717, 1.165) is 12.2 Å². The highest BCUT2D eigenvalue weighted by molar-refractivity contribution is 6.31. The molecule has 0 atom stereocenters. The smallest absolute Gasteiger partial charge is 0.152 e. The van der Waals surface area contributed by atoms with Gasteiger partial charge in [-0.1, -0.05) is 11.6 Å². The van der Waals surface area contributed by atoms with Crippen LogP contribution >= 0.6 is 11.6 Å². The van der Waals surface area contributed by atoms with Crippen LogP contribution in [0.15, 0.2) is 36.8 Å². The van der Waals surface area contributed by atoms with Crippen LogP contribution in [0, 0.1) is 0 Å². The first kappa shape index (κ1) is 10.1. The molecule has 0 unspecified atom stereocenters. The van der Waals surface area contributed by atoms with Gasteiger partial charge in [-0.15, -0.1) is 0 Å². The average Bonchev–Trinajstić information content (AvgIpc) is 2.63. The van der Waals surface area contributed by atoms with Gasteiger partial charge in [-0.25, -0.2) is 4.98 Å². The number of nitrogens with zero attached hydrogens (tertiary/aromatic N) is 2. The third-order valence-corrected chi connectivity index (χ3v) is 2.44. The van der Waals surface area contributed by atoms with Gasteiger partial charge in [0.05, 0.1) is 5.69 Å². The third-order valence-electron chi connectivity index (χ3n) is 2.14. The molecule has 0 aromatic carbocycles. The van der Waals surface area contributed by atoms with E-state index in [-0.39, 0.29) is 0 Å². The van der Waals surface area contributed by atoms with Crippen molar-refractivity contribution in [2.24, 2.45) is 7.05 Å². The molecule has 2 aromatic heterocycles. The Labute approximate surface area is 93.7 Å². The number of pyridine rings is 1. The Bertz CT molecular complexity index is 451. The van der Waals surface area contributed by atoms with Crippen molar-refractivity contribution in [3.8, 4) is 0 Å². The Balaban J connectivity index is 2.02. The lowest BCUT2D eigenvalue weighted by Gasteiger charge is -2.05. The van der Waals surface area contributed by atoms with E-state index in [1.54, 1.807) is 6.20 Å². The fourth-order valence-electron chi connectivity index (χ4n) is 1.38. The van der Waals surface area contributed by atoms with Gasteiger partial charge >= 0.3 is 0 Å². The molecule has 1 N–H and O–H groups in total. The molecule has 0 aliphatic rings. The molecular weight excluding hydrogens is 210 g/mol. The summed E-state index contributed by atoms with van der Waals surface area (Å²) in [7, 11) is 2.00. The van der Waals surface area contributed by atoms with Crippen molar-refractivity contribution in [3.63, 3.8) is 0 Å². The number of hydrogen-bond donors (Lipinski definition) is 1. The van der Waals surface area contributed by atoms with E-state index < -0.39 is 0 Å². The molecule has 0 aliphatic carbocycles. The largest absolute Gasteiger partial charge is 0.378 e. The quantitative estimate of drug-likeness (QED) is 0.808. The number of rotatable bonds is 3. The normalized spacial score (nSPS) is 10.3. The summed E-state index contributed by atoms with van der Waals surface area (Å²) in [5.41, 5.74) is 2.08. The summed E-state index contributed by atoms with van der Waals surface area (Å²) in [6, 6.07) is 5.84. The lowest BCUT2D eigenvalue weighted by atomic mass is 10.3. The first-order chi connectivity index (χ1) is 7.25. The van der Waals surface area contributed by atoms with E-state index in [0.29, 0.717) is 5.15 Å². The minimum absolute atomic E-state index is 0.508. The van der Waals surface area contributed by atoms with E-state index in [1.807, 2.05) is 29.9 Å². The van der Waals surface area contributed by atoms with Gasteiger partial charge in [-0.05, 0) is 23.8 Å². The summed E-state index contributed by atoms with van der Waals surface area (Å²) in [5, 5.41) is 3.74. The van der Waals surface area contributed by atoms with Crippen LogP contribution in [0.4, 0.5) is 5.69 Å². The Kier molecular flexibility index (Phi) is 2.92. The highest BCUT2D eigenvalue weighted by atomic mass is 35.5. The Morgan fingerprint density at radius 1 is 1.47 bits per heavy atom. The summed E-state index contributed by atoms with van der Waals surface area (Å²) < 4.78 is 2.02. The minimum Gasteiger partial charge on any atom is -0.378 e. The number of hydrogen-bond acceptors (Lipinski definition) is 2. The van der Waals surface area contributed by atoms with Gasteiger partial charge in [-0.2, -0.15) is 0 Å². The van der Waals surface area contributed by atoms with Crippen LogP contribution in [0.25, 0.3) is 0 Å². The number of anilines is 1. The molecular formula is C11H12ClN3. The lowest BCUT2D eigenvalue weighted by Crippen LogP contribution is -1.99. The summed E-state index contributed by atoms with van der Waals surface area (Å²) in [5.74, 6) is 0. The molecule has 0 fully saturated rings. The molecule has 0 saturated carbocycles. The molecule has 0 radical (unpaired) electrons. The minimum atomic E-state index is 0.508. The van der Waals surface area contributed by atoms with Crippen molar-refractivity contribution in [1.29, 1.82) is 0 Å². The second-order valence-electron chi connectivity index (χ2n) is 3.38. The van der Waals surface area contributed by atoms with Crippen LogP contribution in [0.2, 0.25) is 5.15 Å². The van der Waals surface area contributed by atoms with Gasteiger partial charge in [0.15, 0.2) is 5.15 Å². The average molecular weight is 222 g/mol. The topological polar surface area (TPSA) is 29.9 Å². The maximum Gasteiger partial charge on any atom is 0.152 e. The van der Waals surface area contributed by atoms with Gasteiger partial charge in [0.2, 0.25) is 0 Å². The molecule has 0 bridgehead atoms. The second-order valence-corrected chi connectivity index (χ2v) is 3.74. The molecule has 0 aliphatic heterocycles. The maximum absolute atomic E-state index is 5.92. The maximum atomic E-state index is 5.92. The predicted molar refractivity (Wildman–Crippen MR) is 62.0 cm³/mol. The highest BCUT2D eigenvalue weighted by Crippen LogP contribution is 2.18. The summed E-state index contributed by atoms with van der Waals surface area (Å²) in [4.78, 5) is 3.99. The monoisotopic (exact) mass is 221 g/mol. The van der Waals surface area contributed by atoms with E-state index in [4.69, 9.17) is 11.6 Å². The molecule has 3 nitrogen and oxygen atoms in total. The molecule has 0 spiro atoms. The number of aromatic nitrogens is 2. The molecule has 15 heavy (non-hydrogen) atoms. The summed E-state index contributed by atoms with van der Waals surface area (Å²) >= 11 is 5.92. The molecule has 2 rings (SSSR count). The number of aryl methyl sites for hydroxylation is 1. The summed E-state index contributed by atoms with van der Waals surface area (Å²) in [6.45, 7) is 0.756. The van der Waals surface area contributed by atoms with Crippen LogP contribution in [0.3, 0.4) is 0 Å². The van der Waals surface area contributed by atoms with E-state index in [1.165, 1.54) is 5.56 Å². The van der Waals surface area contributed by atoms with E-state index in [9.17, 15) is 0 Å². The van der Waals surface area contributed by atoms with Crippen molar-refractivity contribution in [2.75, 3.05) is 5.32 Å². The van der Waals surface area contributed by atoms with Gasteiger partial charge in [0, 0.05) is 32.2 Å². The van der Waals surface area contributed by atoms with Crippen LogP contribution in [0.1, 0.15) is 5.56 Å². The lowest BCUT2D eigenvalue weighted by molar-refractivity contribution is 0.920. The zero-order valence-corrected chi connectivity index (χ0v) is 9.20. The zero-order valence-electron chi connectivity index (χ0n) is 8.44. The van der Waals surface area contributed by atoms with Crippen molar-refractivity contribution in [3.05, 3.63) is 47.5 Å².